The van der Waals surface area contributed by atoms with Crippen LogP contribution in [0.4, 0.5) is 20.2 Å². The topological polar surface area (TPSA) is 66.5 Å². The van der Waals surface area contributed by atoms with Crippen LogP contribution in [0.3, 0.4) is 0 Å². The number of thioether (sulfide) groups is 1. The van der Waals surface area contributed by atoms with Crippen molar-refractivity contribution in [2.75, 3.05) is 28.7 Å². The second-order valence-corrected chi connectivity index (χ2v) is 7.87. The van der Waals surface area contributed by atoms with Crippen LogP contribution in [-0.2, 0) is 14.8 Å². The molecule has 2 aromatic rings. The first kappa shape index (κ1) is 19.2. The zero-order valence-electron chi connectivity index (χ0n) is 13.5. The summed E-state index contributed by atoms with van der Waals surface area (Å²) in [4.78, 5) is 13.1. The van der Waals surface area contributed by atoms with E-state index >= 15 is 0 Å². The Kier molecular flexibility index (Phi) is 6.02. The van der Waals surface area contributed by atoms with Gasteiger partial charge in [0.25, 0.3) is 0 Å². The van der Waals surface area contributed by atoms with Gasteiger partial charge in [0, 0.05) is 11.0 Å². The fourth-order valence-corrected chi connectivity index (χ4v) is 3.54. The Morgan fingerprint density at radius 3 is 2.48 bits per heavy atom. The highest BCUT2D eigenvalue weighted by atomic mass is 32.2. The van der Waals surface area contributed by atoms with Crippen LogP contribution in [0.2, 0.25) is 0 Å². The van der Waals surface area contributed by atoms with Gasteiger partial charge in [-0.1, -0.05) is 12.1 Å². The molecule has 1 amide bonds. The smallest absolute Gasteiger partial charge is 0.245 e. The van der Waals surface area contributed by atoms with Gasteiger partial charge in [-0.2, -0.15) is 0 Å². The molecule has 0 saturated carbocycles. The minimum atomic E-state index is -3.95. The molecular weight excluding hydrogens is 370 g/mol. The van der Waals surface area contributed by atoms with E-state index in [1.54, 1.807) is 24.3 Å². The Bertz CT molecular complexity index is 889. The number of amides is 1. The number of nitrogens with one attached hydrogen (secondary N) is 1. The second-order valence-electron chi connectivity index (χ2n) is 5.11. The Balaban J connectivity index is 2.27. The molecule has 0 aliphatic rings. The van der Waals surface area contributed by atoms with Crippen molar-refractivity contribution in [3.63, 3.8) is 0 Å². The van der Waals surface area contributed by atoms with Gasteiger partial charge in [0.1, 0.15) is 18.2 Å². The highest BCUT2D eigenvalue weighted by Crippen LogP contribution is 2.26. The molecule has 9 heteroatoms. The molecule has 0 heterocycles. The monoisotopic (exact) mass is 386 g/mol. The van der Waals surface area contributed by atoms with Crippen LogP contribution in [0.25, 0.3) is 0 Å². The van der Waals surface area contributed by atoms with Crippen molar-refractivity contribution in [2.24, 2.45) is 0 Å². The minimum Gasteiger partial charge on any atom is -0.323 e. The Morgan fingerprint density at radius 1 is 1.20 bits per heavy atom. The highest BCUT2D eigenvalue weighted by Gasteiger charge is 2.24. The lowest BCUT2D eigenvalue weighted by Gasteiger charge is -2.22. The predicted octanol–water partition coefficient (Wildman–Crippen LogP) is 3.09. The van der Waals surface area contributed by atoms with Gasteiger partial charge in [-0.15, -0.1) is 11.8 Å². The quantitative estimate of drug-likeness (QED) is 0.775. The maximum absolute atomic E-state index is 13.9. The molecular formula is C16H16F2N2O3S2. The zero-order chi connectivity index (χ0) is 18.6. The number of anilines is 2. The number of benzene rings is 2. The zero-order valence-corrected chi connectivity index (χ0v) is 15.1. The number of nitrogens with zero attached hydrogens (tertiary/aromatic N) is 1. The molecule has 0 saturated heterocycles. The number of halogens is 2. The maximum Gasteiger partial charge on any atom is 0.245 e. The maximum atomic E-state index is 13.9. The lowest BCUT2D eigenvalue weighted by Crippen LogP contribution is -2.38. The van der Waals surface area contributed by atoms with Crippen LogP contribution in [0.15, 0.2) is 47.4 Å². The van der Waals surface area contributed by atoms with Gasteiger partial charge in [-0.25, -0.2) is 17.2 Å². The van der Waals surface area contributed by atoms with Crippen molar-refractivity contribution >= 4 is 39.1 Å². The fourth-order valence-electron chi connectivity index (χ4n) is 2.13. The Morgan fingerprint density at radius 2 is 1.88 bits per heavy atom. The van der Waals surface area contributed by atoms with E-state index < -0.39 is 39.8 Å². The van der Waals surface area contributed by atoms with Gasteiger partial charge < -0.3 is 5.32 Å². The van der Waals surface area contributed by atoms with Crippen LogP contribution in [-0.4, -0.2) is 33.4 Å². The summed E-state index contributed by atoms with van der Waals surface area (Å²) in [5.74, 6) is -2.55. The van der Waals surface area contributed by atoms with Crippen molar-refractivity contribution in [1.82, 2.24) is 0 Å². The SMILES string of the molecule is CSc1ccccc1NC(=O)CN(c1ccc(F)cc1F)S(C)(=O)=O. The average Bonchev–Trinajstić information content (AvgIpc) is 2.53. The van der Waals surface area contributed by atoms with E-state index in [4.69, 9.17) is 0 Å². The third-order valence-corrected chi connectivity index (χ3v) is 5.17. The van der Waals surface area contributed by atoms with Crippen LogP contribution >= 0.6 is 11.8 Å². The number of sulfonamides is 1. The van der Waals surface area contributed by atoms with E-state index in [1.807, 2.05) is 6.26 Å². The summed E-state index contributed by atoms with van der Waals surface area (Å²) in [6.45, 7) is -0.635. The summed E-state index contributed by atoms with van der Waals surface area (Å²) >= 11 is 1.41. The van der Waals surface area contributed by atoms with E-state index in [1.165, 1.54) is 11.8 Å². The van der Waals surface area contributed by atoms with Crippen molar-refractivity contribution in [2.45, 2.75) is 4.90 Å². The van der Waals surface area contributed by atoms with Gasteiger partial charge in [-0.3, -0.25) is 9.10 Å². The van der Waals surface area contributed by atoms with Gasteiger partial charge in [0.2, 0.25) is 15.9 Å². The number of hydrogen-bond donors (Lipinski definition) is 1. The molecule has 0 fully saturated rings. The van der Waals surface area contributed by atoms with Crippen LogP contribution in [0, 0.1) is 11.6 Å². The molecule has 2 aromatic carbocycles. The molecule has 0 bridgehead atoms. The summed E-state index contributed by atoms with van der Waals surface area (Å²) < 4.78 is 51.5. The lowest BCUT2D eigenvalue weighted by molar-refractivity contribution is -0.114. The van der Waals surface area contributed by atoms with Crippen molar-refractivity contribution in [3.05, 3.63) is 54.1 Å². The van der Waals surface area contributed by atoms with Gasteiger partial charge in [0.15, 0.2) is 0 Å². The Hall–Kier alpha value is -2.13. The van der Waals surface area contributed by atoms with Crippen LogP contribution in [0.5, 0.6) is 0 Å². The summed E-state index contributed by atoms with van der Waals surface area (Å²) in [7, 11) is -3.95. The first-order valence-corrected chi connectivity index (χ1v) is 10.2. The van der Waals surface area contributed by atoms with E-state index in [0.29, 0.717) is 16.1 Å². The molecule has 0 radical (unpaired) electrons. The molecule has 0 unspecified atom stereocenters. The van der Waals surface area contributed by atoms with Gasteiger partial charge in [0.05, 0.1) is 17.6 Å². The molecule has 134 valence electrons. The van der Waals surface area contributed by atoms with E-state index in [2.05, 4.69) is 5.32 Å². The molecule has 5 nitrogen and oxygen atoms in total. The third-order valence-electron chi connectivity index (χ3n) is 3.25. The molecule has 0 atom stereocenters. The predicted molar refractivity (Wildman–Crippen MR) is 95.4 cm³/mol. The molecule has 0 aliphatic heterocycles. The average molecular weight is 386 g/mol. The summed E-state index contributed by atoms with van der Waals surface area (Å²) in [5.41, 5.74) is 0.130. The second kappa shape index (κ2) is 7.83. The molecule has 25 heavy (non-hydrogen) atoms. The molecule has 2 rings (SSSR count). The van der Waals surface area contributed by atoms with E-state index in [9.17, 15) is 22.0 Å². The van der Waals surface area contributed by atoms with E-state index in [-0.39, 0.29) is 0 Å². The lowest BCUT2D eigenvalue weighted by atomic mass is 10.3. The normalized spacial score (nSPS) is 11.2. The number of para-hydroxylation sites is 1. The van der Waals surface area contributed by atoms with Gasteiger partial charge in [-0.05, 0) is 30.5 Å². The van der Waals surface area contributed by atoms with Crippen molar-refractivity contribution < 1.29 is 22.0 Å². The minimum absolute atomic E-state index is 0.391. The van der Waals surface area contributed by atoms with Crippen molar-refractivity contribution in [1.29, 1.82) is 0 Å². The first-order valence-electron chi connectivity index (χ1n) is 7.08. The summed E-state index contributed by atoms with van der Waals surface area (Å²) in [6.07, 6.45) is 2.68. The molecule has 0 spiro atoms. The highest BCUT2D eigenvalue weighted by molar-refractivity contribution is 7.98. The summed E-state index contributed by atoms with van der Waals surface area (Å²) in [6, 6.07) is 9.48. The number of hydrogen-bond acceptors (Lipinski definition) is 4. The number of carbonyl (C=O) groups is 1. The van der Waals surface area contributed by atoms with Crippen molar-refractivity contribution in [3.8, 4) is 0 Å². The van der Waals surface area contributed by atoms with Gasteiger partial charge >= 0.3 is 0 Å². The van der Waals surface area contributed by atoms with Crippen LogP contribution < -0.4 is 9.62 Å². The van der Waals surface area contributed by atoms with E-state index in [0.717, 1.165) is 23.3 Å². The number of carbonyl (C=O) groups excluding carboxylic acids is 1. The summed E-state index contributed by atoms with van der Waals surface area (Å²) in [5, 5.41) is 2.60. The molecule has 0 aromatic heterocycles. The largest absolute Gasteiger partial charge is 0.323 e. The molecule has 0 aliphatic carbocycles. The first-order chi connectivity index (χ1) is 11.7. The van der Waals surface area contributed by atoms with Crippen LogP contribution in [0.1, 0.15) is 0 Å². The fraction of sp³-hybridized carbons (Fsp3) is 0.188. The molecule has 1 N–H and O–H groups in total. The number of rotatable bonds is 6. The standard InChI is InChI=1S/C16H16F2N2O3S2/c1-24-15-6-4-3-5-13(15)19-16(21)10-20(25(2,22)23)14-8-7-11(17)9-12(14)18/h3-9H,10H2,1-2H3,(H,19,21). The Labute approximate surface area is 149 Å². The third kappa shape index (κ3) is 4.93.